The number of carbonyl (C=O) groups excluding carboxylic acids is 1. The summed E-state index contributed by atoms with van der Waals surface area (Å²) in [6.07, 6.45) is 5.63. The predicted octanol–water partition coefficient (Wildman–Crippen LogP) is 4.95. The van der Waals surface area contributed by atoms with Crippen molar-refractivity contribution in [3.05, 3.63) is 63.8 Å². The third kappa shape index (κ3) is 6.39. The van der Waals surface area contributed by atoms with Gasteiger partial charge < -0.3 is 9.80 Å². The van der Waals surface area contributed by atoms with E-state index in [2.05, 4.69) is 22.9 Å². The molecular formula is C32H42N4O3S2. The smallest absolute Gasteiger partial charge is 0.243 e. The summed E-state index contributed by atoms with van der Waals surface area (Å²) in [5, 5.41) is 1.72. The molecule has 9 heteroatoms. The molecule has 6 rings (SSSR count). The first-order chi connectivity index (χ1) is 19.9. The monoisotopic (exact) mass is 594 g/mol. The molecule has 0 N–H and O–H groups in total. The molecule has 0 spiro atoms. The summed E-state index contributed by atoms with van der Waals surface area (Å²) >= 11 is 1.93. The average molecular weight is 595 g/mol. The normalized spacial score (nSPS) is 21.3. The maximum atomic E-state index is 13.9. The van der Waals surface area contributed by atoms with E-state index in [9.17, 15) is 13.2 Å². The molecule has 0 bridgehead atoms. The van der Waals surface area contributed by atoms with Crippen molar-refractivity contribution in [1.82, 2.24) is 19.0 Å². The molecule has 2 saturated heterocycles. The Kier molecular flexibility index (Phi) is 8.79. The molecule has 0 aliphatic carbocycles. The number of sulfonamides is 1. The van der Waals surface area contributed by atoms with E-state index in [1.165, 1.54) is 15.3 Å². The van der Waals surface area contributed by atoms with E-state index in [1.54, 1.807) is 10.4 Å². The van der Waals surface area contributed by atoms with E-state index in [0.29, 0.717) is 30.8 Å². The standard InChI is InChI=1S/C32H42N4O3S2/c1-33-18-20-34(21-19-33)24-28-22-26-23-35(17-15-30(26)40-28)32(37)14-7-11-27-10-4-5-16-36(27)41(38,39)31-13-6-9-25-8-2-3-12-29(25)31/h2-3,6,8-9,12-13,22,27H,4-5,7,10-11,14-21,23-24H2,1H3. The molecule has 2 aromatic carbocycles. The zero-order valence-electron chi connectivity index (χ0n) is 24.1. The van der Waals surface area contributed by atoms with E-state index in [1.807, 2.05) is 52.6 Å². The Hall–Kier alpha value is -2.30. The van der Waals surface area contributed by atoms with Gasteiger partial charge in [0.2, 0.25) is 15.9 Å². The third-order valence-electron chi connectivity index (χ3n) is 9.08. The number of benzene rings is 2. The molecule has 0 radical (unpaired) electrons. The van der Waals surface area contributed by atoms with Gasteiger partial charge in [-0.15, -0.1) is 11.3 Å². The second kappa shape index (κ2) is 12.5. The lowest BCUT2D eigenvalue weighted by atomic mass is 9.99. The molecule has 0 saturated carbocycles. The van der Waals surface area contributed by atoms with Gasteiger partial charge >= 0.3 is 0 Å². The van der Waals surface area contributed by atoms with Gasteiger partial charge in [0.1, 0.15) is 0 Å². The fraction of sp³-hybridized carbons (Fsp3) is 0.531. The van der Waals surface area contributed by atoms with Crippen molar-refractivity contribution in [1.29, 1.82) is 0 Å². The van der Waals surface area contributed by atoms with Gasteiger partial charge in [0, 0.05) is 80.0 Å². The van der Waals surface area contributed by atoms with Crippen LogP contribution in [0, 0.1) is 0 Å². The van der Waals surface area contributed by atoms with Gasteiger partial charge in [-0.25, -0.2) is 8.42 Å². The van der Waals surface area contributed by atoms with Crippen molar-refractivity contribution in [2.75, 3.05) is 46.3 Å². The number of amides is 1. The van der Waals surface area contributed by atoms with Gasteiger partial charge in [-0.1, -0.05) is 42.8 Å². The van der Waals surface area contributed by atoms with Gasteiger partial charge in [0.25, 0.3) is 0 Å². The number of piperazine rings is 1. The maximum absolute atomic E-state index is 13.9. The molecule has 41 heavy (non-hydrogen) atoms. The number of piperidine rings is 1. The molecule has 1 unspecified atom stereocenters. The number of rotatable bonds is 8. The lowest BCUT2D eigenvalue weighted by Crippen LogP contribution is -2.43. The van der Waals surface area contributed by atoms with Crippen LogP contribution >= 0.6 is 11.3 Å². The Morgan fingerprint density at radius 3 is 2.63 bits per heavy atom. The SMILES string of the molecule is CN1CCN(Cc2cc3c(s2)CCN(C(=O)CCCC2CCCCN2S(=O)(=O)c2cccc4ccccc24)C3)CC1. The van der Waals surface area contributed by atoms with Crippen LogP contribution in [0.1, 0.15) is 53.8 Å². The molecule has 7 nitrogen and oxygen atoms in total. The number of thiophene rings is 1. The molecule has 3 aliphatic heterocycles. The maximum Gasteiger partial charge on any atom is 0.243 e. The zero-order valence-corrected chi connectivity index (χ0v) is 25.8. The highest BCUT2D eigenvalue weighted by molar-refractivity contribution is 7.89. The van der Waals surface area contributed by atoms with Gasteiger partial charge in [-0.05, 0) is 62.2 Å². The number of fused-ring (bicyclic) bond motifs is 2. The van der Waals surface area contributed by atoms with Crippen LogP contribution in [0.2, 0.25) is 0 Å². The van der Waals surface area contributed by atoms with Crippen LogP contribution in [-0.4, -0.2) is 85.7 Å². The van der Waals surface area contributed by atoms with Gasteiger partial charge in [0.15, 0.2) is 0 Å². The summed E-state index contributed by atoms with van der Waals surface area (Å²) in [6.45, 7) is 7.54. The first-order valence-corrected chi connectivity index (χ1v) is 17.4. The molecule has 4 heterocycles. The van der Waals surface area contributed by atoms with Crippen LogP contribution in [0.4, 0.5) is 0 Å². The minimum atomic E-state index is -3.62. The van der Waals surface area contributed by atoms with Crippen molar-refractivity contribution in [3.63, 3.8) is 0 Å². The van der Waals surface area contributed by atoms with Crippen LogP contribution in [0.5, 0.6) is 0 Å². The lowest BCUT2D eigenvalue weighted by molar-refractivity contribution is -0.132. The van der Waals surface area contributed by atoms with E-state index in [4.69, 9.17) is 0 Å². The summed E-state index contributed by atoms with van der Waals surface area (Å²) < 4.78 is 29.4. The first kappa shape index (κ1) is 28.8. The van der Waals surface area contributed by atoms with Crippen molar-refractivity contribution in [2.45, 2.75) is 69.0 Å². The fourth-order valence-electron chi connectivity index (χ4n) is 6.68. The first-order valence-electron chi connectivity index (χ1n) is 15.2. The molecule has 220 valence electrons. The summed E-state index contributed by atoms with van der Waals surface area (Å²) in [5.74, 6) is 0.196. The summed E-state index contributed by atoms with van der Waals surface area (Å²) in [6, 6.07) is 15.5. The minimum Gasteiger partial charge on any atom is -0.338 e. The fourth-order valence-corrected chi connectivity index (χ4v) is 9.84. The molecule has 1 aromatic heterocycles. The van der Waals surface area contributed by atoms with E-state index >= 15 is 0 Å². The van der Waals surface area contributed by atoms with Crippen LogP contribution < -0.4 is 0 Å². The zero-order chi connectivity index (χ0) is 28.4. The summed E-state index contributed by atoms with van der Waals surface area (Å²) in [5.41, 5.74) is 1.32. The number of nitrogens with zero attached hydrogens (tertiary/aromatic N) is 4. The summed E-state index contributed by atoms with van der Waals surface area (Å²) in [4.78, 5) is 23.4. The van der Waals surface area contributed by atoms with Crippen molar-refractivity contribution in [2.24, 2.45) is 0 Å². The van der Waals surface area contributed by atoms with Crippen LogP contribution in [0.15, 0.2) is 53.4 Å². The van der Waals surface area contributed by atoms with Crippen molar-refractivity contribution >= 4 is 38.0 Å². The number of hydrogen-bond donors (Lipinski definition) is 0. The van der Waals surface area contributed by atoms with Crippen molar-refractivity contribution in [3.8, 4) is 0 Å². The lowest BCUT2D eigenvalue weighted by Gasteiger charge is -2.35. The Morgan fingerprint density at radius 1 is 0.976 bits per heavy atom. The summed E-state index contributed by atoms with van der Waals surface area (Å²) in [7, 11) is -1.43. The van der Waals surface area contributed by atoms with Crippen LogP contribution in [0.3, 0.4) is 0 Å². The quantitative estimate of drug-likeness (QED) is 0.370. The highest BCUT2D eigenvalue weighted by Crippen LogP contribution is 2.33. The Balaban J connectivity index is 1.04. The number of carbonyl (C=O) groups is 1. The molecule has 1 amide bonds. The van der Waals surface area contributed by atoms with Gasteiger partial charge in [0.05, 0.1) is 4.90 Å². The topological polar surface area (TPSA) is 64.2 Å². The van der Waals surface area contributed by atoms with Crippen LogP contribution in [0.25, 0.3) is 10.8 Å². The second-order valence-electron chi connectivity index (χ2n) is 11.9. The molecule has 3 aromatic rings. The van der Waals surface area contributed by atoms with Gasteiger partial charge in [-0.2, -0.15) is 4.31 Å². The average Bonchev–Trinajstić information content (AvgIpc) is 3.39. The molecule has 3 aliphatic rings. The minimum absolute atomic E-state index is 0.0533. The Bertz CT molecular complexity index is 1470. The predicted molar refractivity (Wildman–Crippen MR) is 166 cm³/mol. The van der Waals surface area contributed by atoms with Crippen LogP contribution in [-0.2, 0) is 34.3 Å². The van der Waals surface area contributed by atoms with E-state index in [0.717, 1.165) is 82.1 Å². The van der Waals surface area contributed by atoms with Gasteiger partial charge in [-0.3, -0.25) is 9.69 Å². The Morgan fingerprint density at radius 2 is 1.78 bits per heavy atom. The second-order valence-corrected chi connectivity index (χ2v) is 15.0. The Labute approximate surface area is 248 Å². The highest BCUT2D eigenvalue weighted by atomic mass is 32.2. The number of hydrogen-bond acceptors (Lipinski definition) is 6. The molecule has 2 fully saturated rings. The van der Waals surface area contributed by atoms with E-state index < -0.39 is 10.0 Å². The van der Waals surface area contributed by atoms with Crippen molar-refractivity contribution < 1.29 is 13.2 Å². The number of likely N-dealkylation sites (N-methyl/N-ethyl adjacent to an activating group) is 1. The molecular weight excluding hydrogens is 553 g/mol. The molecule has 1 atom stereocenters. The largest absolute Gasteiger partial charge is 0.338 e. The highest BCUT2D eigenvalue weighted by Gasteiger charge is 2.34. The van der Waals surface area contributed by atoms with E-state index in [-0.39, 0.29) is 11.9 Å². The third-order valence-corrected chi connectivity index (χ3v) is 12.3.